The van der Waals surface area contributed by atoms with Gasteiger partial charge in [0.05, 0.1) is 5.69 Å². The van der Waals surface area contributed by atoms with Crippen molar-refractivity contribution in [3.05, 3.63) is 23.3 Å². The Hall–Kier alpha value is -0.670. The molecule has 0 spiro atoms. The lowest BCUT2D eigenvalue weighted by atomic mass is 9.95. The van der Waals surface area contributed by atoms with Gasteiger partial charge in [0.2, 0.25) is 0 Å². The Labute approximate surface area is 84.2 Å². The molecule has 13 heavy (non-hydrogen) atoms. The lowest BCUT2D eigenvalue weighted by Crippen LogP contribution is -2.12. The highest BCUT2D eigenvalue weighted by Gasteiger charge is 2.13. The standard InChI is InChI=1S/C9H13N3.ClH/c10-5-9-7-3-1-2-4-8(7)11-6-12-9;/h6H,1-5,10H2;1H. The van der Waals surface area contributed by atoms with Gasteiger partial charge < -0.3 is 5.73 Å². The summed E-state index contributed by atoms with van der Waals surface area (Å²) in [7, 11) is 0. The summed E-state index contributed by atoms with van der Waals surface area (Å²) in [5.41, 5.74) is 9.16. The van der Waals surface area contributed by atoms with Gasteiger partial charge in [-0.2, -0.15) is 0 Å². The van der Waals surface area contributed by atoms with E-state index in [2.05, 4.69) is 9.97 Å². The highest BCUT2D eigenvalue weighted by Crippen LogP contribution is 2.20. The number of hydrogen-bond donors (Lipinski definition) is 1. The molecule has 0 fully saturated rings. The summed E-state index contributed by atoms with van der Waals surface area (Å²) >= 11 is 0. The molecule has 1 aromatic rings. The minimum absolute atomic E-state index is 0. The molecule has 3 nitrogen and oxygen atoms in total. The summed E-state index contributed by atoms with van der Waals surface area (Å²) in [5, 5.41) is 0. The van der Waals surface area contributed by atoms with Crippen LogP contribution in [0.2, 0.25) is 0 Å². The van der Waals surface area contributed by atoms with Gasteiger partial charge in [-0.3, -0.25) is 0 Å². The number of nitrogens with zero attached hydrogens (tertiary/aromatic N) is 2. The summed E-state index contributed by atoms with van der Waals surface area (Å²) < 4.78 is 0. The molecule has 0 unspecified atom stereocenters. The minimum atomic E-state index is 0. The van der Waals surface area contributed by atoms with E-state index in [4.69, 9.17) is 5.73 Å². The molecular weight excluding hydrogens is 186 g/mol. The first-order valence-corrected chi connectivity index (χ1v) is 4.43. The first-order valence-electron chi connectivity index (χ1n) is 4.43. The van der Waals surface area contributed by atoms with Crippen molar-refractivity contribution in [3.63, 3.8) is 0 Å². The van der Waals surface area contributed by atoms with Gasteiger partial charge in [-0.25, -0.2) is 9.97 Å². The van der Waals surface area contributed by atoms with E-state index in [1.54, 1.807) is 6.33 Å². The Balaban J connectivity index is 0.000000845. The molecule has 0 saturated heterocycles. The van der Waals surface area contributed by atoms with Gasteiger partial charge in [-0.1, -0.05) is 0 Å². The zero-order chi connectivity index (χ0) is 8.39. The maximum atomic E-state index is 5.58. The molecule has 1 aliphatic rings. The van der Waals surface area contributed by atoms with Crippen LogP contribution >= 0.6 is 12.4 Å². The molecule has 0 aliphatic heterocycles. The van der Waals surface area contributed by atoms with Gasteiger partial charge >= 0.3 is 0 Å². The highest BCUT2D eigenvalue weighted by molar-refractivity contribution is 5.85. The smallest absolute Gasteiger partial charge is 0.116 e. The Bertz CT molecular complexity index is 274. The molecule has 1 aliphatic carbocycles. The van der Waals surface area contributed by atoms with Gasteiger partial charge in [0.25, 0.3) is 0 Å². The zero-order valence-electron chi connectivity index (χ0n) is 7.49. The lowest BCUT2D eigenvalue weighted by Gasteiger charge is -2.16. The molecule has 0 saturated carbocycles. The van der Waals surface area contributed by atoms with Crippen molar-refractivity contribution >= 4 is 12.4 Å². The Morgan fingerprint density at radius 1 is 1.23 bits per heavy atom. The molecule has 2 N–H and O–H groups in total. The molecule has 4 heteroatoms. The lowest BCUT2D eigenvalue weighted by molar-refractivity contribution is 0.651. The number of hydrogen-bond acceptors (Lipinski definition) is 3. The molecule has 1 aromatic heterocycles. The maximum absolute atomic E-state index is 5.58. The average Bonchev–Trinajstić information content (AvgIpc) is 2.17. The maximum Gasteiger partial charge on any atom is 0.116 e. The van der Waals surface area contributed by atoms with Crippen LogP contribution in [0.1, 0.15) is 29.8 Å². The molecule has 0 atom stereocenters. The quantitative estimate of drug-likeness (QED) is 0.741. The van der Waals surface area contributed by atoms with Crippen molar-refractivity contribution < 1.29 is 0 Å². The van der Waals surface area contributed by atoms with Crippen LogP contribution in [0.5, 0.6) is 0 Å². The molecule has 0 aromatic carbocycles. The second kappa shape index (κ2) is 4.53. The number of aromatic nitrogens is 2. The predicted octanol–water partition coefficient (Wildman–Crippen LogP) is 1.24. The monoisotopic (exact) mass is 199 g/mol. The van der Waals surface area contributed by atoms with Crippen LogP contribution in [0.15, 0.2) is 6.33 Å². The van der Waals surface area contributed by atoms with Crippen LogP contribution in [0, 0.1) is 0 Å². The van der Waals surface area contributed by atoms with Crippen molar-refractivity contribution in [2.24, 2.45) is 5.73 Å². The van der Waals surface area contributed by atoms with Crippen molar-refractivity contribution in [2.45, 2.75) is 32.2 Å². The van der Waals surface area contributed by atoms with Crippen LogP contribution in [-0.2, 0) is 19.4 Å². The van der Waals surface area contributed by atoms with Crippen LogP contribution in [0.4, 0.5) is 0 Å². The summed E-state index contributed by atoms with van der Waals surface area (Å²) in [6, 6.07) is 0. The summed E-state index contributed by atoms with van der Waals surface area (Å²) in [6.07, 6.45) is 6.36. The van der Waals surface area contributed by atoms with E-state index in [0.29, 0.717) is 6.54 Å². The van der Waals surface area contributed by atoms with Crippen molar-refractivity contribution in [1.29, 1.82) is 0 Å². The normalized spacial score (nSPS) is 14.5. The molecule has 72 valence electrons. The fraction of sp³-hybridized carbons (Fsp3) is 0.556. The van der Waals surface area contributed by atoms with Gasteiger partial charge in [-0.05, 0) is 31.2 Å². The molecule has 1 heterocycles. The minimum Gasteiger partial charge on any atom is -0.325 e. The molecule has 0 radical (unpaired) electrons. The Morgan fingerprint density at radius 2 is 2.00 bits per heavy atom. The van der Waals surface area contributed by atoms with E-state index in [1.807, 2.05) is 0 Å². The van der Waals surface area contributed by atoms with Crippen molar-refractivity contribution in [3.8, 4) is 0 Å². The Kier molecular flexibility index (Phi) is 3.63. The first-order chi connectivity index (χ1) is 5.92. The third-order valence-electron chi connectivity index (χ3n) is 2.41. The number of aryl methyl sites for hydroxylation is 1. The van der Waals surface area contributed by atoms with Gasteiger partial charge in [0, 0.05) is 12.2 Å². The van der Waals surface area contributed by atoms with Crippen molar-refractivity contribution in [1.82, 2.24) is 9.97 Å². The number of fused-ring (bicyclic) bond motifs is 1. The zero-order valence-corrected chi connectivity index (χ0v) is 8.31. The van der Waals surface area contributed by atoms with Crippen LogP contribution < -0.4 is 5.73 Å². The number of rotatable bonds is 1. The summed E-state index contributed by atoms with van der Waals surface area (Å²) in [4.78, 5) is 8.44. The second-order valence-corrected chi connectivity index (χ2v) is 3.16. The SMILES string of the molecule is Cl.NCc1ncnc2c1CCCC2. The predicted molar refractivity (Wildman–Crippen MR) is 53.8 cm³/mol. The van der Waals surface area contributed by atoms with E-state index < -0.39 is 0 Å². The summed E-state index contributed by atoms with van der Waals surface area (Å²) in [5.74, 6) is 0. The molecule has 0 amide bonds. The topological polar surface area (TPSA) is 51.8 Å². The average molecular weight is 200 g/mol. The molecular formula is C9H14ClN3. The third-order valence-corrected chi connectivity index (χ3v) is 2.41. The largest absolute Gasteiger partial charge is 0.325 e. The fourth-order valence-electron chi connectivity index (χ4n) is 1.76. The van der Waals surface area contributed by atoms with E-state index in [0.717, 1.165) is 18.5 Å². The Morgan fingerprint density at radius 3 is 2.77 bits per heavy atom. The van der Waals surface area contributed by atoms with E-state index in [1.165, 1.54) is 24.1 Å². The van der Waals surface area contributed by atoms with Crippen LogP contribution in [0.25, 0.3) is 0 Å². The third kappa shape index (κ3) is 1.98. The van der Waals surface area contributed by atoms with Gasteiger partial charge in [0.15, 0.2) is 0 Å². The van der Waals surface area contributed by atoms with Gasteiger partial charge in [0.1, 0.15) is 6.33 Å². The van der Waals surface area contributed by atoms with E-state index >= 15 is 0 Å². The van der Waals surface area contributed by atoms with Gasteiger partial charge in [-0.15, -0.1) is 12.4 Å². The van der Waals surface area contributed by atoms with Crippen LogP contribution in [0.3, 0.4) is 0 Å². The molecule has 0 bridgehead atoms. The van der Waals surface area contributed by atoms with Crippen molar-refractivity contribution in [2.75, 3.05) is 0 Å². The number of halogens is 1. The van der Waals surface area contributed by atoms with E-state index in [-0.39, 0.29) is 12.4 Å². The van der Waals surface area contributed by atoms with Crippen LogP contribution in [-0.4, -0.2) is 9.97 Å². The first kappa shape index (κ1) is 10.4. The highest BCUT2D eigenvalue weighted by atomic mass is 35.5. The summed E-state index contributed by atoms with van der Waals surface area (Å²) in [6.45, 7) is 0.546. The fourth-order valence-corrected chi connectivity index (χ4v) is 1.76. The number of nitrogens with two attached hydrogens (primary N) is 1. The molecule has 2 rings (SSSR count). The van der Waals surface area contributed by atoms with E-state index in [9.17, 15) is 0 Å². The second-order valence-electron chi connectivity index (χ2n) is 3.16.